The van der Waals surface area contributed by atoms with Crippen molar-refractivity contribution in [3.63, 3.8) is 0 Å². The normalized spacial score (nSPS) is 14.7. The van der Waals surface area contributed by atoms with Gasteiger partial charge in [0.1, 0.15) is 5.69 Å². The van der Waals surface area contributed by atoms with Crippen LogP contribution >= 0.6 is 0 Å². The van der Waals surface area contributed by atoms with Crippen molar-refractivity contribution >= 4 is 34.0 Å². The highest BCUT2D eigenvalue weighted by molar-refractivity contribution is 6.06. The molecule has 0 atom stereocenters. The van der Waals surface area contributed by atoms with Crippen LogP contribution in [0.5, 0.6) is 0 Å². The van der Waals surface area contributed by atoms with Gasteiger partial charge in [-0.3, -0.25) is 4.98 Å². The average molecular weight is 365 g/mol. The van der Waals surface area contributed by atoms with Gasteiger partial charge in [0.25, 0.3) is 0 Å². The Balaban J connectivity index is 1.74. The Morgan fingerprint density at radius 3 is 2.96 bits per heavy atom. The lowest BCUT2D eigenvalue weighted by Gasteiger charge is -2.10. The number of ether oxygens (including phenoxy) is 1. The first-order chi connectivity index (χ1) is 13.1. The number of pyridine rings is 1. The molecule has 1 aromatic carbocycles. The van der Waals surface area contributed by atoms with Crippen LogP contribution in [-0.2, 0) is 11.2 Å². The molecule has 138 valence electrons. The van der Waals surface area contributed by atoms with Crippen molar-refractivity contribution in [2.24, 2.45) is 5.16 Å². The average Bonchev–Trinajstić information content (AvgIpc) is 3.22. The molecule has 1 aliphatic carbocycles. The Morgan fingerprint density at radius 2 is 2.19 bits per heavy atom. The molecule has 0 saturated carbocycles. The van der Waals surface area contributed by atoms with Crippen LogP contribution in [0.25, 0.3) is 11.0 Å². The molecule has 27 heavy (non-hydrogen) atoms. The molecular formula is C20H19N3O4. The minimum absolute atomic E-state index is 0.116. The molecule has 0 saturated heterocycles. The van der Waals surface area contributed by atoms with E-state index < -0.39 is 5.97 Å². The third-order valence-corrected chi connectivity index (χ3v) is 4.46. The molecule has 2 N–H and O–H groups in total. The number of esters is 1. The summed E-state index contributed by atoms with van der Waals surface area (Å²) in [5, 5.41) is 16.5. The van der Waals surface area contributed by atoms with Gasteiger partial charge in [-0.15, -0.1) is 0 Å². The highest BCUT2D eigenvalue weighted by Gasteiger charge is 2.24. The van der Waals surface area contributed by atoms with Gasteiger partial charge in [-0.25, -0.2) is 4.79 Å². The Morgan fingerprint density at radius 1 is 1.33 bits per heavy atom. The molecule has 0 aliphatic heterocycles. The zero-order chi connectivity index (χ0) is 19.0. The third-order valence-electron chi connectivity index (χ3n) is 4.46. The van der Waals surface area contributed by atoms with Crippen LogP contribution in [0.4, 0.5) is 11.4 Å². The molecule has 0 amide bonds. The van der Waals surface area contributed by atoms with E-state index in [0.29, 0.717) is 23.4 Å². The maximum absolute atomic E-state index is 12.5. The number of aromatic nitrogens is 1. The van der Waals surface area contributed by atoms with Gasteiger partial charge in [-0.2, -0.15) is 0 Å². The Hall–Kier alpha value is -3.35. The highest BCUT2D eigenvalue weighted by atomic mass is 16.6. The third kappa shape index (κ3) is 3.12. The smallest absolute Gasteiger partial charge is 0.376 e. The van der Waals surface area contributed by atoms with Gasteiger partial charge in [0.15, 0.2) is 5.58 Å². The van der Waals surface area contributed by atoms with Crippen molar-refractivity contribution in [1.29, 1.82) is 0 Å². The summed E-state index contributed by atoms with van der Waals surface area (Å²) in [6.07, 6.45) is 4.48. The lowest BCUT2D eigenvalue weighted by atomic mass is 10.1. The largest absolute Gasteiger partial charge is 0.457 e. The van der Waals surface area contributed by atoms with E-state index in [-0.39, 0.29) is 11.9 Å². The summed E-state index contributed by atoms with van der Waals surface area (Å²) < 4.78 is 11.0. The first kappa shape index (κ1) is 17.1. The van der Waals surface area contributed by atoms with Crippen LogP contribution in [0.1, 0.15) is 41.9 Å². The standard InChI is InChI=1S/C20H19N3O4/c1-11(2)26-20(24)19-18(15-7-8-21-10-17(15)27-19)22-13-4-5-14-12(9-13)3-6-16(14)23-25/h4-5,7-11,22,25H,3,6H2,1-2H3/b23-16+. The van der Waals surface area contributed by atoms with Crippen molar-refractivity contribution in [3.8, 4) is 0 Å². The molecular weight excluding hydrogens is 346 g/mol. The number of hydrogen-bond donors (Lipinski definition) is 2. The highest BCUT2D eigenvalue weighted by Crippen LogP contribution is 2.35. The number of nitrogens with one attached hydrogen (secondary N) is 1. The van der Waals surface area contributed by atoms with Crippen molar-refractivity contribution in [2.75, 3.05) is 5.32 Å². The van der Waals surface area contributed by atoms with Gasteiger partial charge in [0, 0.05) is 22.8 Å². The molecule has 7 nitrogen and oxygen atoms in total. The lowest BCUT2D eigenvalue weighted by Crippen LogP contribution is -2.12. The number of aryl methyl sites for hydroxylation is 1. The van der Waals surface area contributed by atoms with Crippen LogP contribution in [-0.4, -0.2) is 28.0 Å². The summed E-state index contributed by atoms with van der Waals surface area (Å²) in [5.41, 5.74) is 4.60. The second kappa shape index (κ2) is 6.75. The van der Waals surface area contributed by atoms with Crippen LogP contribution < -0.4 is 5.32 Å². The van der Waals surface area contributed by atoms with Crippen molar-refractivity contribution < 1.29 is 19.2 Å². The van der Waals surface area contributed by atoms with Crippen molar-refractivity contribution in [3.05, 3.63) is 53.5 Å². The van der Waals surface area contributed by atoms with E-state index in [1.807, 2.05) is 18.2 Å². The molecule has 0 fully saturated rings. The lowest BCUT2D eigenvalue weighted by molar-refractivity contribution is 0.0345. The minimum Gasteiger partial charge on any atom is -0.457 e. The van der Waals surface area contributed by atoms with Gasteiger partial charge >= 0.3 is 5.97 Å². The number of fused-ring (bicyclic) bond motifs is 2. The number of anilines is 2. The molecule has 0 radical (unpaired) electrons. The molecule has 0 bridgehead atoms. The second-order valence-corrected chi connectivity index (χ2v) is 6.68. The predicted molar refractivity (Wildman–Crippen MR) is 101 cm³/mol. The number of rotatable bonds is 4. The summed E-state index contributed by atoms with van der Waals surface area (Å²) in [6, 6.07) is 7.57. The number of benzene rings is 1. The molecule has 1 aliphatic rings. The number of carbonyl (C=O) groups excluding carboxylic acids is 1. The van der Waals surface area contributed by atoms with Crippen LogP contribution in [0.3, 0.4) is 0 Å². The number of oxime groups is 1. The second-order valence-electron chi connectivity index (χ2n) is 6.68. The van der Waals surface area contributed by atoms with E-state index in [0.717, 1.165) is 28.6 Å². The molecule has 3 aromatic rings. The quantitative estimate of drug-likeness (QED) is 0.407. The first-order valence-electron chi connectivity index (χ1n) is 8.75. The number of hydrogen-bond acceptors (Lipinski definition) is 7. The maximum atomic E-state index is 12.5. The fourth-order valence-electron chi connectivity index (χ4n) is 3.28. The molecule has 0 spiro atoms. The molecule has 4 rings (SSSR count). The topological polar surface area (TPSA) is 97.0 Å². The number of nitrogens with zero attached hydrogens (tertiary/aromatic N) is 2. The summed E-state index contributed by atoms with van der Waals surface area (Å²) in [5.74, 6) is -0.413. The van der Waals surface area contributed by atoms with Crippen molar-refractivity contribution in [1.82, 2.24) is 4.98 Å². The van der Waals surface area contributed by atoms with Crippen LogP contribution in [0.2, 0.25) is 0 Å². The predicted octanol–water partition coefficient (Wildman–Crippen LogP) is 4.26. The fourth-order valence-corrected chi connectivity index (χ4v) is 3.28. The monoisotopic (exact) mass is 365 g/mol. The Kier molecular flexibility index (Phi) is 4.27. The van der Waals surface area contributed by atoms with Gasteiger partial charge in [0.2, 0.25) is 5.76 Å². The van der Waals surface area contributed by atoms with Gasteiger partial charge < -0.3 is 19.7 Å². The minimum atomic E-state index is -0.528. The van der Waals surface area contributed by atoms with E-state index in [4.69, 9.17) is 14.4 Å². The van der Waals surface area contributed by atoms with Crippen molar-refractivity contribution in [2.45, 2.75) is 32.8 Å². The molecule has 0 unspecified atom stereocenters. The van der Waals surface area contributed by atoms with Crippen LogP contribution in [0.15, 0.2) is 46.2 Å². The number of carbonyl (C=O) groups is 1. The van der Waals surface area contributed by atoms with E-state index in [2.05, 4.69) is 15.5 Å². The fraction of sp³-hybridized carbons (Fsp3) is 0.250. The summed E-state index contributed by atoms with van der Waals surface area (Å²) >= 11 is 0. The van der Waals surface area contributed by atoms with Gasteiger partial charge in [0.05, 0.1) is 18.0 Å². The summed E-state index contributed by atoms with van der Waals surface area (Å²) in [4.78, 5) is 16.5. The SMILES string of the molecule is CC(C)OC(=O)c1oc2cnccc2c1Nc1ccc2c(c1)CC/C2=N\O. The molecule has 7 heteroatoms. The van der Waals surface area contributed by atoms with E-state index in [1.165, 1.54) is 0 Å². The van der Waals surface area contributed by atoms with E-state index in [9.17, 15) is 4.79 Å². The Bertz CT molecular complexity index is 1050. The number of furan rings is 1. The zero-order valence-electron chi connectivity index (χ0n) is 15.0. The van der Waals surface area contributed by atoms with Gasteiger partial charge in [-0.05, 0) is 50.5 Å². The van der Waals surface area contributed by atoms with Gasteiger partial charge in [-0.1, -0.05) is 11.2 Å². The molecule has 2 aromatic heterocycles. The Labute approximate surface area is 155 Å². The maximum Gasteiger partial charge on any atom is 0.376 e. The van der Waals surface area contributed by atoms with E-state index >= 15 is 0 Å². The first-order valence-corrected chi connectivity index (χ1v) is 8.75. The van der Waals surface area contributed by atoms with Crippen LogP contribution in [0, 0.1) is 0 Å². The summed E-state index contributed by atoms with van der Waals surface area (Å²) in [6.45, 7) is 3.58. The molecule has 2 heterocycles. The van der Waals surface area contributed by atoms with E-state index in [1.54, 1.807) is 32.3 Å². The zero-order valence-corrected chi connectivity index (χ0v) is 15.0. The summed E-state index contributed by atoms with van der Waals surface area (Å²) in [7, 11) is 0.